The standard InChI is InChI=1S/C35H33F2N5O4/c36-27-15-24(35(19-39-20-35)23-10-12-41(13-11-23)29-7-4-21(16-38)14-28(29)37)6-5-22(27)18-46-31-3-1-2-25-26(31)17-42(34(25)45)30-8-9-32(43)40-33(30)44/h1-7,14-15,23,30,39H,8-13,17-20H2,(H,40,43,44)/t30-/m0/s1. The highest BCUT2D eigenvalue weighted by Gasteiger charge is 2.47. The van der Waals surface area contributed by atoms with Gasteiger partial charge in [0.25, 0.3) is 5.91 Å². The molecule has 0 aliphatic carbocycles. The highest BCUT2D eigenvalue weighted by Crippen LogP contribution is 2.43. The highest BCUT2D eigenvalue weighted by molar-refractivity contribution is 6.05. The predicted molar refractivity (Wildman–Crippen MR) is 164 cm³/mol. The molecule has 236 valence electrons. The van der Waals surface area contributed by atoms with Crippen molar-refractivity contribution in [2.45, 2.75) is 50.3 Å². The van der Waals surface area contributed by atoms with E-state index in [9.17, 15) is 18.8 Å². The molecule has 9 nitrogen and oxygen atoms in total. The van der Waals surface area contributed by atoms with Crippen LogP contribution in [0.25, 0.3) is 0 Å². The summed E-state index contributed by atoms with van der Waals surface area (Å²) in [5, 5.41) is 14.7. The van der Waals surface area contributed by atoms with Crippen LogP contribution in [0.15, 0.2) is 54.6 Å². The first-order chi connectivity index (χ1) is 22.3. The predicted octanol–water partition coefficient (Wildman–Crippen LogP) is 3.93. The number of nitrogens with one attached hydrogen (secondary N) is 2. The van der Waals surface area contributed by atoms with Crippen LogP contribution >= 0.6 is 0 Å². The first-order valence-electron chi connectivity index (χ1n) is 15.6. The monoisotopic (exact) mass is 625 g/mol. The van der Waals surface area contributed by atoms with E-state index >= 15 is 4.39 Å². The van der Waals surface area contributed by atoms with Crippen LogP contribution in [0, 0.1) is 28.9 Å². The number of carbonyl (C=O) groups is 3. The third-order valence-electron chi connectivity index (χ3n) is 10.1. The Hall–Kier alpha value is -4.82. The number of ether oxygens (including phenoxy) is 1. The van der Waals surface area contributed by atoms with Crippen molar-refractivity contribution in [3.63, 3.8) is 0 Å². The summed E-state index contributed by atoms with van der Waals surface area (Å²) in [5.74, 6) is -1.13. The van der Waals surface area contributed by atoms with Crippen LogP contribution in [-0.4, -0.2) is 54.8 Å². The van der Waals surface area contributed by atoms with Crippen molar-refractivity contribution in [2.75, 3.05) is 31.1 Å². The molecule has 3 aromatic rings. The second kappa shape index (κ2) is 11.8. The van der Waals surface area contributed by atoms with Gasteiger partial charge in [0, 0.05) is 54.7 Å². The molecule has 3 amide bonds. The van der Waals surface area contributed by atoms with Crippen molar-refractivity contribution >= 4 is 23.4 Å². The van der Waals surface area contributed by atoms with Crippen LogP contribution < -0.4 is 20.3 Å². The van der Waals surface area contributed by atoms with Crippen molar-refractivity contribution in [1.29, 1.82) is 5.26 Å². The van der Waals surface area contributed by atoms with E-state index in [0.29, 0.717) is 52.7 Å². The summed E-state index contributed by atoms with van der Waals surface area (Å²) in [6.07, 6.45) is 2.11. The van der Waals surface area contributed by atoms with Crippen molar-refractivity contribution in [2.24, 2.45) is 5.92 Å². The number of halogens is 2. The number of anilines is 1. The average molecular weight is 626 g/mol. The van der Waals surface area contributed by atoms with E-state index in [-0.39, 0.29) is 49.0 Å². The number of hydrogen-bond acceptors (Lipinski definition) is 7. The molecule has 3 saturated heterocycles. The van der Waals surface area contributed by atoms with Crippen LogP contribution in [0.1, 0.15) is 58.3 Å². The Balaban J connectivity index is 1.02. The zero-order valence-corrected chi connectivity index (χ0v) is 25.2. The molecule has 7 rings (SSSR count). The fraction of sp³-hybridized carbons (Fsp3) is 0.371. The maximum Gasteiger partial charge on any atom is 0.255 e. The van der Waals surface area contributed by atoms with Crippen LogP contribution in [0.5, 0.6) is 5.75 Å². The maximum absolute atomic E-state index is 15.6. The Bertz CT molecular complexity index is 1780. The molecule has 4 aliphatic rings. The van der Waals surface area contributed by atoms with Gasteiger partial charge in [-0.1, -0.05) is 18.2 Å². The first-order valence-corrected chi connectivity index (χ1v) is 15.6. The van der Waals surface area contributed by atoms with Crippen molar-refractivity contribution in [1.82, 2.24) is 15.5 Å². The summed E-state index contributed by atoms with van der Waals surface area (Å²) in [4.78, 5) is 40.6. The summed E-state index contributed by atoms with van der Waals surface area (Å²) < 4.78 is 36.3. The second-order valence-electron chi connectivity index (χ2n) is 12.6. The summed E-state index contributed by atoms with van der Waals surface area (Å²) >= 11 is 0. The SMILES string of the molecule is N#Cc1ccc(N2CCC(C3(c4ccc(COc5cccc6c5CN([C@H]5CCC(=O)NC5=O)C6=O)c(F)c4)CNC3)CC2)c(F)c1. The van der Waals surface area contributed by atoms with Crippen LogP contribution in [0.3, 0.4) is 0 Å². The van der Waals surface area contributed by atoms with Gasteiger partial charge in [-0.25, -0.2) is 8.78 Å². The molecule has 3 aromatic carbocycles. The minimum absolute atomic E-state index is 0.0328. The fourth-order valence-corrected chi connectivity index (χ4v) is 7.45. The van der Waals surface area contributed by atoms with Crippen molar-refractivity contribution in [3.8, 4) is 11.8 Å². The average Bonchev–Trinajstić information content (AvgIpc) is 3.37. The Morgan fingerprint density at radius 1 is 0.978 bits per heavy atom. The summed E-state index contributed by atoms with van der Waals surface area (Å²) in [6, 6.07) is 16.3. The van der Waals surface area contributed by atoms with E-state index in [4.69, 9.17) is 10.00 Å². The molecule has 3 fully saturated rings. The van der Waals surface area contributed by atoms with Crippen LogP contribution in [0.2, 0.25) is 0 Å². The first kappa shape index (κ1) is 29.9. The molecular weight excluding hydrogens is 592 g/mol. The smallest absolute Gasteiger partial charge is 0.255 e. The van der Waals surface area contributed by atoms with Gasteiger partial charge in [0.2, 0.25) is 11.8 Å². The van der Waals surface area contributed by atoms with Gasteiger partial charge in [0.1, 0.15) is 30.0 Å². The third kappa shape index (κ3) is 5.16. The minimum atomic E-state index is -0.729. The molecule has 0 aromatic heterocycles. The Kier molecular flexibility index (Phi) is 7.69. The van der Waals surface area contributed by atoms with E-state index in [0.717, 1.165) is 31.5 Å². The maximum atomic E-state index is 15.6. The van der Waals surface area contributed by atoms with Gasteiger partial charge in [-0.05, 0) is 67.1 Å². The third-order valence-corrected chi connectivity index (χ3v) is 10.1. The Labute approximate surface area is 265 Å². The molecule has 2 N–H and O–H groups in total. The number of carbonyl (C=O) groups excluding carboxylic acids is 3. The number of nitriles is 1. The summed E-state index contributed by atoms with van der Waals surface area (Å²) in [6.45, 7) is 2.97. The van der Waals surface area contributed by atoms with Gasteiger partial charge in [-0.15, -0.1) is 0 Å². The molecule has 0 unspecified atom stereocenters. The van der Waals surface area contributed by atoms with Crippen LogP contribution in [-0.2, 0) is 28.2 Å². The van der Waals surface area contributed by atoms with Gasteiger partial charge in [0.15, 0.2) is 0 Å². The normalized spacial score (nSPS) is 21.0. The zero-order valence-electron chi connectivity index (χ0n) is 25.2. The lowest BCUT2D eigenvalue weighted by Crippen LogP contribution is -2.62. The Morgan fingerprint density at radius 3 is 2.46 bits per heavy atom. The number of rotatable bonds is 7. The summed E-state index contributed by atoms with van der Waals surface area (Å²) in [5.41, 5.74) is 2.99. The van der Waals surface area contributed by atoms with Gasteiger partial charge >= 0.3 is 0 Å². The van der Waals surface area contributed by atoms with E-state index in [1.54, 1.807) is 42.5 Å². The van der Waals surface area contributed by atoms with E-state index in [1.807, 2.05) is 17.0 Å². The van der Waals surface area contributed by atoms with E-state index in [1.165, 1.54) is 11.0 Å². The molecule has 4 aliphatic heterocycles. The topological polar surface area (TPSA) is 115 Å². The number of nitrogens with zero attached hydrogens (tertiary/aromatic N) is 3. The molecule has 0 spiro atoms. The number of imide groups is 1. The lowest BCUT2D eigenvalue weighted by Gasteiger charge is -2.51. The molecule has 0 bridgehead atoms. The summed E-state index contributed by atoms with van der Waals surface area (Å²) in [7, 11) is 0. The lowest BCUT2D eigenvalue weighted by molar-refractivity contribution is -0.136. The number of amides is 3. The van der Waals surface area contributed by atoms with Gasteiger partial charge in [0.05, 0.1) is 23.9 Å². The Morgan fingerprint density at radius 2 is 1.78 bits per heavy atom. The number of benzene rings is 3. The number of hydrogen-bond donors (Lipinski definition) is 2. The van der Waals surface area contributed by atoms with E-state index < -0.39 is 17.8 Å². The molecule has 4 heterocycles. The largest absolute Gasteiger partial charge is 0.488 e. The molecule has 11 heteroatoms. The van der Waals surface area contributed by atoms with Gasteiger partial charge in [-0.2, -0.15) is 5.26 Å². The second-order valence-corrected chi connectivity index (χ2v) is 12.6. The molecule has 46 heavy (non-hydrogen) atoms. The van der Waals surface area contributed by atoms with Crippen molar-refractivity contribution in [3.05, 3.63) is 94.0 Å². The van der Waals surface area contributed by atoms with Crippen molar-refractivity contribution < 1.29 is 27.9 Å². The van der Waals surface area contributed by atoms with E-state index in [2.05, 4.69) is 10.6 Å². The minimum Gasteiger partial charge on any atom is -0.488 e. The van der Waals surface area contributed by atoms with Crippen LogP contribution in [0.4, 0.5) is 14.5 Å². The quantitative estimate of drug-likeness (QED) is 0.383. The highest BCUT2D eigenvalue weighted by atomic mass is 19.1. The van der Waals surface area contributed by atoms with Gasteiger partial charge < -0.3 is 19.9 Å². The zero-order chi connectivity index (χ0) is 32.0. The number of piperidine rings is 2. The van der Waals surface area contributed by atoms with Gasteiger partial charge in [-0.3, -0.25) is 19.7 Å². The molecule has 0 radical (unpaired) electrons. The fourth-order valence-electron chi connectivity index (χ4n) is 7.45. The number of fused-ring (bicyclic) bond motifs is 1. The molecule has 1 atom stereocenters. The lowest BCUT2D eigenvalue weighted by atomic mass is 9.63. The molecular formula is C35H33F2N5O4. The molecule has 0 saturated carbocycles.